The highest BCUT2D eigenvalue weighted by Crippen LogP contribution is 2.37. The Balaban J connectivity index is 1.96. The fourth-order valence-corrected chi connectivity index (χ4v) is 4.56. The summed E-state index contributed by atoms with van der Waals surface area (Å²) in [4.78, 5) is 27.3. The van der Waals surface area contributed by atoms with Crippen molar-refractivity contribution in [1.82, 2.24) is 0 Å². The Bertz CT molecular complexity index is 1000. The molecule has 0 aliphatic carbocycles. The summed E-state index contributed by atoms with van der Waals surface area (Å²) in [6.45, 7) is 5.65. The van der Waals surface area contributed by atoms with Gasteiger partial charge in [-0.25, -0.2) is 4.79 Å². The number of benzene rings is 1. The molecule has 3 aromatic rings. The van der Waals surface area contributed by atoms with Gasteiger partial charge in [0.2, 0.25) is 0 Å². The van der Waals surface area contributed by atoms with Gasteiger partial charge in [-0.15, -0.1) is 22.7 Å². The Labute approximate surface area is 178 Å². The average molecular weight is 430 g/mol. The number of ether oxygens (including phenoxy) is 2. The van der Waals surface area contributed by atoms with Gasteiger partial charge in [-0.3, -0.25) is 4.79 Å². The van der Waals surface area contributed by atoms with Crippen molar-refractivity contribution < 1.29 is 19.1 Å². The van der Waals surface area contributed by atoms with Crippen LogP contribution in [0.25, 0.3) is 11.1 Å². The summed E-state index contributed by atoms with van der Waals surface area (Å²) in [6.07, 6.45) is 0.615. The van der Waals surface area contributed by atoms with Crippen LogP contribution in [0, 0.1) is 0 Å². The summed E-state index contributed by atoms with van der Waals surface area (Å²) in [7, 11) is 1.60. The van der Waals surface area contributed by atoms with E-state index in [-0.39, 0.29) is 12.0 Å². The van der Waals surface area contributed by atoms with Crippen molar-refractivity contribution in [3.05, 3.63) is 57.1 Å². The lowest BCUT2D eigenvalue weighted by Gasteiger charge is -2.11. The van der Waals surface area contributed by atoms with E-state index in [4.69, 9.17) is 9.47 Å². The second kappa shape index (κ2) is 9.24. The summed E-state index contributed by atoms with van der Waals surface area (Å²) < 4.78 is 10.7. The Morgan fingerprint density at radius 2 is 1.83 bits per heavy atom. The van der Waals surface area contributed by atoms with Crippen molar-refractivity contribution in [3.8, 4) is 16.9 Å². The number of hydrogen-bond acceptors (Lipinski definition) is 6. The monoisotopic (exact) mass is 429 g/mol. The number of esters is 1. The smallest absolute Gasteiger partial charge is 0.342 e. The van der Waals surface area contributed by atoms with Crippen molar-refractivity contribution in [2.75, 3.05) is 12.4 Å². The molecule has 0 atom stereocenters. The lowest BCUT2D eigenvalue weighted by Crippen LogP contribution is -2.16. The second-order valence-corrected chi connectivity index (χ2v) is 8.66. The molecule has 1 amide bonds. The van der Waals surface area contributed by atoms with Gasteiger partial charge >= 0.3 is 5.97 Å². The predicted octanol–water partition coefficient (Wildman–Crippen LogP) is 5.87. The van der Waals surface area contributed by atoms with Crippen LogP contribution in [0.2, 0.25) is 0 Å². The first-order chi connectivity index (χ1) is 13.9. The summed E-state index contributed by atoms with van der Waals surface area (Å²) in [5.41, 5.74) is 1.94. The van der Waals surface area contributed by atoms with Gasteiger partial charge in [0, 0.05) is 15.8 Å². The van der Waals surface area contributed by atoms with E-state index in [0.29, 0.717) is 15.4 Å². The number of anilines is 1. The number of thiophene rings is 2. The molecule has 1 aromatic carbocycles. The normalized spacial score (nSPS) is 10.8. The molecule has 1 N–H and O–H groups in total. The van der Waals surface area contributed by atoms with Crippen LogP contribution in [0.15, 0.2) is 41.8 Å². The topological polar surface area (TPSA) is 64.6 Å². The first kappa shape index (κ1) is 21.1. The fourth-order valence-electron chi connectivity index (χ4n) is 2.76. The number of methoxy groups -OCH3 is 1. The molecule has 7 heteroatoms. The van der Waals surface area contributed by atoms with Crippen molar-refractivity contribution in [1.29, 1.82) is 0 Å². The predicted molar refractivity (Wildman–Crippen MR) is 119 cm³/mol. The van der Waals surface area contributed by atoms with Crippen molar-refractivity contribution >= 4 is 39.6 Å². The van der Waals surface area contributed by atoms with Gasteiger partial charge in [0.1, 0.15) is 16.3 Å². The number of hydrogen-bond donors (Lipinski definition) is 1. The first-order valence-electron chi connectivity index (χ1n) is 9.29. The summed E-state index contributed by atoms with van der Waals surface area (Å²) in [6, 6.07) is 11.2. The molecule has 0 spiro atoms. The molecular weight excluding hydrogens is 406 g/mol. The van der Waals surface area contributed by atoms with E-state index in [1.807, 2.05) is 48.7 Å². The van der Waals surface area contributed by atoms with Crippen LogP contribution >= 0.6 is 22.7 Å². The molecule has 5 nitrogen and oxygen atoms in total. The van der Waals surface area contributed by atoms with Gasteiger partial charge in [-0.05, 0) is 50.1 Å². The number of carbonyl (C=O) groups excluding carboxylic acids is 2. The molecule has 0 fully saturated rings. The third-order valence-electron chi connectivity index (χ3n) is 4.20. The molecule has 0 radical (unpaired) electrons. The Hall–Kier alpha value is -2.64. The molecule has 2 heterocycles. The van der Waals surface area contributed by atoms with Crippen LogP contribution in [0.5, 0.6) is 5.75 Å². The number of amides is 1. The van der Waals surface area contributed by atoms with E-state index in [2.05, 4.69) is 5.32 Å². The molecule has 152 valence electrons. The lowest BCUT2D eigenvalue weighted by molar-refractivity contribution is 0.0380. The Morgan fingerprint density at radius 3 is 2.41 bits per heavy atom. The highest BCUT2D eigenvalue weighted by atomic mass is 32.1. The zero-order valence-electron chi connectivity index (χ0n) is 16.8. The summed E-state index contributed by atoms with van der Waals surface area (Å²) in [5, 5.41) is 5.24. The molecule has 0 saturated heterocycles. The average Bonchev–Trinajstić information content (AvgIpc) is 3.34. The molecular formula is C22H23NO4S2. The maximum Gasteiger partial charge on any atom is 0.342 e. The molecule has 0 aliphatic rings. The Kier molecular flexibility index (Phi) is 6.71. The molecule has 3 rings (SSSR count). The van der Waals surface area contributed by atoms with Crippen molar-refractivity contribution in [3.63, 3.8) is 0 Å². The lowest BCUT2D eigenvalue weighted by atomic mass is 10.0. The second-order valence-electron chi connectivity index (χ2n) is 6.61. The van der Waals surface area contributed by atoms with E-state index in [1.54, 1.807) is 21.0 Å². The number of nitrogens with one attached hydrogen (secondary N) is 1. The highest BCUT2D eigenvalue weighted by molar-refractivity contribution is 7.16. The summed E-state index contributed by atoms with van der Waals surface area (Å²) in [5.74, 6) is 0.0486. The minimum atomic E-state index is -0.456. The molecule has 2 aromatic heterocycles. The van der Waals surface area contributed by atoms with Crippen molar-refractivity contribution in [2.24, 2.45) is 0 Å². The van der Waals surface area contributed by atoms with Crippen molar-refractivity contribution in [2.45, 2.75) is 33.3 Å². The number of carbonyl (C=O) groups is 2. The minimum Gasteiger partial charge on any atom is -0.497 e. The van der Waals surface area contributed by atoms with Crippen LogP contribution < -0.4 is 10.1 Å². The van der Waals surface area contributed by atoms with Gasteiger partial charge in [-0.1, -0.05) is 19.1 Å². The van der Waals surface area contributed by atoms with E-state index >= 15 is 0 Å². The van der Waals surface area contributed by atoms with Gasteiger partial charge in [0.15, 0.2) is 0 Å². The SMILES string of the molecule is CCc1ccc(C(=O)Nc2scc(-c3ccc(OC)cc3)c2C(=O)OC(C)C)s1. The maximum absolute atomic E-state index is 12.8. The van der Waals surface area contributed by atoms with Gasteiger partial charge in [0.05, 0.1) is 18.1 Å². The third kappa shape index (κ3) is 4.86. The molecule has 29 heavy (non-hydrogen) atoms. The molecule has 0 unspecified atom stereocenters. The van der Waals surface area contributed by atoms with Gasteiger partial charge in [-0.2, -0.15) is 0 Å². The summed E-state index contributed by atoms with van der Waals surface area (Å²) >= 11 is 2.77. The Morgan fingerprint density at radius 1 is 1.10 bits per heavy atom. The van der Waals surface area contributed by atoms with E-state index in [9.17, 15) is 9.59 Å². The van der Waals surface area contributed by atoms with Crippen LogP contribution in [0.3, 0.4) is 0 Å². The third-order valence-corrected chi connectivity index (χ3v) is 6.32. The first-order valence-corrected chi connectivity index (χ1v) is 11.0. The van der Waals surface area contributed by atoms with Gasteiger partial charge in [0.25, 0.3) is 5.91 Å². The minimum absolute atomic E-state index is 0.226. The van der Waals surface area contributed by atoms with Crippen LogP contribution in [0.1, 0.15) is 45.7 Å². The highest BCUT2D eigenvalue weighted by Gasteiger charge is 2.24. The zero-order chi connectivity index (χ0) is 21.0. The maximum atomic E-state index is 12.8. The fraction of sp³-hybridized carbons (Fsp3) is 0.273. The number of aryl methyl sites for hydroxylation is 1. The molecule has 0 bridgehead atoms. The van der Waals surface area contributed by atoms with E-state index in [1.165, 1.54) is 22.7 Å². The zero-order valence-corrected chi connectivity index (χ0v) is 18.4. The van der Waals surface area contributed by atoms with E-state index in [0.717, 1.165) is 28.2 Å². The van der Waals surface area contributed by atoms with Crippen LogP contribution in [0.4, 0.5) is 5.00 Å². The van der Waals surface area contributed by atoms with Gasteiger partial charge < -0.3 is 14.8 Å². The number of rotatable bonds is 7. The van der Waals surface area contributed by atoms with Crippen LogP contribution in [-0.2, 0) is 11.2 Å². The molecule has 0 saturated carbocycles. The van der Waals surface area contributed by atoms with E-state index < -0.39 is 5.97 Å². The largest absolute Gasteiger partial charge is 0.497 e. The van der Waals surface area contributed by atoms with Crippen LogP contribution in [-0.4, -0.2) is 25.1 Å². The molecule has 0 aliphatic heterocycles. The quantitative estimate of drug-likeness (QED) is 0.477. The standard InChI is InChI=1S/C22H23NO4S2/c1-5-16-10-11-18(29-16)20(24)23-21-19(22(25)27-13(2)3)17(12-28-21)14-6-8-15(26-4)9-7-14/h6-13H,5H2,1-4H3,(H,23,24).